The minimum absolute atomic E-state index is 0.375. The number of carbonyl (C=O) groups is 1. The predicted octanol–water partition coefficient (Wildman–Crippen LogP) is 3.17. The Bertz CT molecular complexity index is 615. The summed E-state index contributed by atoms with van der Waals surface area (Å²) < 4.78 is 0. The predicted molar refractivity (Wildman–Crippen MR) is 87.0 cm³/mol. The van der Waals surface area contributed by atoms with Gasteiger partial charge in [-0.25, -0.2) is 0 Å². The minimum atomic E-state index is -1.29. The first kappa shape index (κ1) is 16.7. The van der Waals surface area contributed by atoms with Crippen LogP contribution in [0.1, 0.15) is 23.8 Å². The third kappa shape index (κ3) is 4.98. The van der Waals surface area contributed by atoms with E-state index in [1.807, 2.05) is 18.2 Å². The number of nitrogens with one attached hydrogen (secondary N) is 1. The van der Waals surface area contributed by atoms with E-state index in [1.165, 1.54) is 12.1 Å². The van der Waals surface area contributed by atoms with Gasteiger partial charge in [0, 0.05) is 28.5 Å². The fourth-order valence-electron chi connectivity index (χ4n) is 2.01. The molecule has 0 aliphatic heterocycles. The number of hydrogen-bond acceptors (Lipinski definition) is 3. The maximum atomic E-state index is 11.9. The van der Waals surface area contributed by atoms with E-state index >= 15 is 0 Å². The van der Waals surface area contributed by atoms with Crippen molar-refractivity contribution < 1.29 is 9.90 Å². The van der Waals surface area contributed by atoms with E-state index in [1.54, 1.807) is 12.3 Å². The SMILES string of the molecule is O=C(NCCCc1ccccn1)[C@H](O)c1cc(Cl)cc(Cl)c1. The van der Waals surface area contributed by atoms with Gasteiger partial charge in [0.2, 0.25) is 0 Å². The van der Waals surface area contributed by atoms with Gasteiger partial charge in [-0.3, -0.25) is 9.78 Å². The van der Waals surface area contributed by atoms with Crippen LogP contribution >= 0.6 is 23.2 Å². The number of carbonyl (C=O) groups excluding carboxylic acids is 1. The van der Waals surface area contributed by atoms with Crippen LogP contribution in [0.25, 0.3) is 0 Å². The Hall–Kier alpha value is -1.62. The number of pyridine rings is 1. The molecule has 0 aliphatic carbocycles. The fourth-order valence-corrected chi connectivity index (χ4v) is 2.55. The second-order valence-corrected chi connectivity index (χ2v) is 5.69. The molecule has 0 aliphatic rings. The molecule has 0 saturated carbocycles. The first-order valence-electron chi connectivity index (χ1n) is 6.88. The van der Waals surface area contributed by atoms with Gasteiger partial charge in [0.1, 0.15) is 0 Å². The lowest BCUT2D eigenvalue weighted by Crippen LogP contribution is -2.30. The van der Waals surface area contributed by atoms with E-state index in [0.29, 0.717) is 22.2 Å². The van der Waals surface area contributed by atoms with E-state index in [9.17, 15) is 9.90 Å². The largest absolute Gasteiger partial charge is 0.378 e. The molecule has 0 fully saturated rings. The first-order chi connectivity index (χ1) is 10.6. The number of hydrogen-bond donors (Lipinski definition) is 2. The van der Waals surface area contributed by atoms with Gasteiger partial charge in [-0.1, -0.05) is 29.3 Å². The molecule has 0 saturated heterocycles. The number of nitrogens with zero attached hydrogens (tertiary/aromatic N) is 1. The zero-order valence-electron chi connectivity index (χ0n) is 11.8. The van der Waals surface area contributed by atoms with Crippen LogP contribution in [0.5, 0.6) is 0 Å². The van der Waals surface area contributed by atoms with Gasteiger partial charge in [0.15, 0.2) is 6.10 Å². The van der Waals surface area contributed by atoms with Crippen LogP contribution in [0.2, 0.25) is 10.0 Å². The van der Waals surface area contributed by atoms with Crippen LogP contribution in [-0.2, 0) is 11.2 Å². The lowest BCUT2D eigenvalue weighted by Gasteiger charge is -2.12. The number of benzene rings is 1. The van der Waals surface area contributed by atoms with Gasteiger partial charge < -0.3 is 10.4 Å². The second-order valence-electron chi connectivity index (χ2n) is 4.82. The van der Waals surface area contributed by atoms with Crippen molar-refractivity contribution in [3.63, 3.8) is 0 Å². The summed E-state index contributed by atoms with van der Waals surface area (Å²) in [5.41, 5.74) is 1.35. The van der Waals surface area contributed by atoms with Crippen LogP contribution < -0.4 is 5.32 Å². The molecule has 0 spiro atoms. The lowest BCUT2D eigenvalue weighted by molar-refractivity contribution is -0.129. The molecule has 116 valence electrons. The average molecular weight is 339 g/mol. The summed E-state index contributed by atoms with van der Waals surface area (Å²) in [6.07, 6.45) is 1.96. The summed E-state index contributed by atoms with van der Waals surface area (Å²) in [5, 5.41) is 13.5. The Morgan fingerprint density at radius 1 is 1.23 bits per heavy atom. The Morgan fingerprint density at radius 3 is 2.59 bits per heavy atom. The number of aryl methyl sites for hydroxylation is 1. The zero-order chi connectivity index (χ0) is 15.9. The Kier molecular flexibility index (Phi) is 6.19. The van der Waals surface area contributed by atoms with E-state index in [0.717, 1.165) is 18.5 Å². The quantitative estimate of drug-likeness (QED) is 0.795. The molecule has 2 aromatic rings. The van der Waals surface area contributed by atoms with Gasteiger partial charge in [-0.05, 0) is 48.7 Å². The van der Waals surface area contributed by atoms with Crippen molar-refractivity contribution >= 4 is 29.1 Å². The minimum Gasteiger partial charge on any atom is -0.378 e. The summed E-state index contributed by atoms with van der Waals surface area (Å²) in [4.78, 5) is 16.1. The second kappa shape index (κ2) is 8.13. The molecule has 1 aromatic carbocycles. The average Bonchev–Trinajstić information content (AvgIpc) is 2.50. The van der Waals surface area contributed by atoms with Gasteiger partial charge in [-0.15, -0.1) is 0 Å². The third-order valence-corrected chi connectivity index (χ3v) is 3.52. The van der Waals surface area contributed by atoms with Crippen molar-refractivity contribution in [1.29, 1.82) is 0 Å². The van der Waals surface area contributed by atoms with Gasteiger partial charge in [-0.2, -0.15) is 0 Å². The molecular formula is C16H16Cl2N2O2. The lowest BCUT2D eigenvalue weighted by atomic mass is 10.1. The summed E-state index contributed by atoms with van der Waals surface area (Å²) in [6.45, 7) is 0.459. The number of amides is 1. The topological polar surface area (TPSA) is 62.2 Å². The maximum absolute atomic E-state index is 11.9. The third-order valence-electron chi connectivity index (χ3n) is 3.08. The van der Waals surface area contributed by atoms with Crippen LogP contribution in [0.4, 0.5) is 0 Å². The molecule has 1 atom stereocenters. The Morgan fingerprint density at radius 2 is 1.95 bits per heavy atom. The van der Waals surface area contributed by atoms with E-state index < -0.39 is 12.0 Å². The van der Waals surface area contributed by atoms with Crippen molar-refractivity contribution in [2.75, 3.05) is 6.54 Å². The molecule has 0 radical (unpaired) electrons. The van der Waals surface area contributed by atoms with Gasteiger partial charge in [0.05, 0.1) is 0 Å². The highest BCUT2D eigenvalue weighted by Crippen LogP contribution is 2.23. The van der Waals surface area contributed by atoms with Gasteiger partial charge in [0.25, 0.3) is 5.91 Å². The van der Waals surface area contributed by atoms with Crippen molar-refractivity contribution in [2.45, 2.75) is 18.9 Å². The first-order valence-corrected chi connectivity index (χ1v) is 7.63. The summed E-state index contributed by atoms with van der Waals surface area (Å²) in [5.74, 6) is -0.473. The van der Waals surface area contributed by atoms with Crippen molar-refractivity contribution in [1.82, 2.24) is 10.3 Å². The molecule has 6 heteroatoms. The molecule has 2 N–H and O–H groups in total. The molecule has 1 heterocycles. The van der Waals surface area contributed by atoms with E-state index in [4.69, 9.17) is 23.2 Å². The van der Waals surface area contributed by atoms with Crippen LogP contribution in [0.3, 0.4) is 0 Å². The zero-order valence-corrected chi connectivity index (χ0v) is 13.3. The van der Waals surface area contributed by atoms with Crippen molar-refractivity contribution in [2.24, 2.45) is 0 Å². The maximum Gasteiger partial charge on any atom is 0.253 e. The number of rotatable bonds is 6. The molecule has 1 aromatic heterocycles. The normalized spacial score (nSPS) is 12.0. The Labute approximate surface area is 139 Å². The highest BCUT2D eigenvalue weighted by Gasteiger charge is 2.17. The summed E-state index contributed by atoms with van der Waals surface area (Å²) >= 11 is 11.7. The number of aromatic nitrogens is 1. The fraction of sp³-hybridized carbons (Fsp3) is 0.250. The molecular weight excluding hydrogens is 323 g/mol. The standard InChI is InChI=1S/C16H16Cl2N2O2/c17-12-8-11(9-13(18)10-12)15(21)16(22)20-7-3-5-14-4-1-2-6-19-14/h1-2,4,6,8-10,15,21H,3,5,7H2,(H,20,22)/t15-/m1/s1. The smallest absolute Gasteiger partial charge is 0.253 e. The van der Waals surface area contributed by atoms with Crippen LogP contribution in [0.15, 0.2) is 42.6 Å². The summed E-state index contributed by atoms with van der Waals surface area (Å²) in [6, 6.07) is 10.3. The molecule has 22 heavy (non-hydrogen) atoms. The van der Waals surface area contributed by atoms with Crippen molar-refractivity contribution in [3.8, 4) is 0 Å². The molecule has 0 unspecified atom stereocenters. The number of halogens is 2. The molecule has 4 nitrogen and oxygen atoms in total. The highest BCUT2D eigenvalue weighted by molar-refractivity contribution is 6.34. The van der Waals surface area contributed by atoms with Crippen LogP contribution in [-0.4, -0.2) is 22.5 Å². The van der Waals surface area contributed by atoms with Gasteiger partial charge >= 0.3 is 0 Å². The van der Waals surface area contributed by atoms with E-state index in [2.05, 4.69) is 10.3 Å². The molecule has 1 amide bonds. The highest BCUT2D eigenvalue weighted by atomic mass is 35.5. The molecule has 2 rings (SSSR count). The molecule has 0 bridgehead atoms. The number of aliphatic hydroxyl groups excluding tert-OH is 1. The van der Waals surface area contributed by atoms with E-state index in [-0.39, 0.29) is 0 Å². The number of aliphatic hydroxyl groups is 1. The van der Waals surface area contributed by atoms with Crippen molar-refractivity contribution in [3.05, 3.63) is 63.9 Å². The summed E-state index contributed by atoms with van der Waals surface area (Å²) in [7, 11) is 0. The van der Waals surface area contributed by atoms with Crippen LogP contribution in [0, 0.1) is 0 Å². The Balaban J connectivity index is 1.81. The monoisotopic (exact) mass is 338 g/mol.